The standard InChI is InChI=1S/C13H19N3O2/c1-9(2)13(10(3)4)15-14-11-5-7-12(8-6-11)16(17)18/h5-10,14H,1-4H3. The summed E-state index contributed by atoms with van der Waals surface area (Å²) in [6, 6.07) is 6.23. The van der Waals surface area contributed by atoms with Crippen LogP contribution in [0.4, 0.5) is 11.4 Å². The van der Waals surface area contributed by atoms with Crippen LogP contribution in [0.15, 0.2) is 29.4 Å². The molecule has 0 aromatic heterocycles. The first-order chi connectivity index (χ1) is 8.41. The molecule has 0 spiro atoms. The number of benzene rings is 1. The Morgan fingerprint density at radius 2 is 1.67 bits per heavy atom. The van der Waals surface area contributed by atoms with Gasteiger partial charge in [0.1, 0.15) is 0 Å². The first kappa shape index (κ1) is 14.2. The fourth-order valence-electron chi connectivity index (χ4n) is 1.71. The predicted octanol–water partition coefficient (Wildman–Crippen LogP) is 3.67. The van der Waals surface area contributed by atoms with Gasteiger partial charge in [-0.1, -0.05) is 27.7 Å². The average molecular weight is 249 g/mol. The van der Waals surface area contributed by atoms with Gasteiger partial charge in [-0.25, -0.2) is 0 Å². The molecule has 5 heteroatoms. The van der Waals surface area contributed by atoms with E-state index in [9.17, 15) is 10.1 Å². The van der Waals surface area contributed by atoms with Crippen molar-refractivity contribution in [3.05, 3.63) is 34.4 Å². The van der Waals surface area contributed by atoms with Crippen molar-refractivity contribution in [2.45, 2.75) is 27.7 Å². The number of nitrogens with zero attached hydrogens (tertiary/aromatic N) is 2. The van der Waals surface area contributed by atoms with Crippen LogP contribution < -0.4 is 5.43 Å². The predicted molar refractivity (Wildman–Crippen MR) is 73.8 cm³/mol. The lowest BCUT2D eigenvalue weighted by Gasteiger charge is -2.14. The summed E-state index contributed by atoms with van der Waals surface area (Å²) in [7, 11) is 0. The number of non-ortho nitro benzene ring substituents is 1. The summed E-state index contributed by atoms with van der Waals surface area (Å²) in [6.07, 6.45) is 0. The summed E-state index contributed by atoms with van der Waals surface area (Å²) < 4.78 is 0. The van der Waals surface area contributed by atoms with Crippen LogP contribution in [0.2, 0.25) is 0 Å². The topological polar surface area (TPSA) is 67.5 Å². The number of nitrogens with one attached hydrogen (secondary N) is 1. The SMILES string of the molecule is CC(C)C(=NNc1ccc([N+](=O)[O-])cc1)C(C)C. The average Bonchev–Trinajstić information content (AvgIpc) is 2.28. The molecule has 0 atom stereocenters. The van der Waals surface area contributed by atoms with Gasteiger partial charge in [0.05, 0.1) is 10.6 Å². The fourth-order valence-corrected chi connectivity index (χ4v) is 1.71. The Balaban J connectivity index is 2.78. The monoisotopic (exact) mass is 249 g/mol. The van der Waals surface area contributed by atoms with Gasteiger partial charge in [0.15, 0.2) is 0 Å². The molecule has 0 fully saturated rings. The molecule has 1 aromatic rings. The van der Waals surface area contributed by atoms with Crippen molar-refractivity contribution in [1.82, 2.24) is 0 Å². The van der Waals surface area contributed by atoms with Crippen LogP contribution in [-0.4, -0.2) is 10.6 Å². The van der Waals surface area contributed by atoms with E-state index in [0.29, 0.717) is 11.8 Å². The van der Waals surface area contributed by atoms with Crippen LogP contribution in [-0.2, 0) is 0 Å². The molecule has 0 heterocycles. The van der Waals surface area contributed by atoms with Gasteiger partial charge in [-0.15, -0.1) is 0 Å². The number of anilines is 1. The van der Waals surface area contributed by atoms with Crippen molar-refractivity contribution in [2.75, 3.05) is 5.43 Å². The number of hydrogen-bond acceptors (Lipinski definition) is 4. The first-order valence-electron chi connectivity index (χ1n) is 5.99. The molecule has 0 radical (unpaired) electrons. The van der Waals surface area contributed by atoms with Crippen LogP contribution in [0.3, 0.4) is 0 Å². The second-order valence-electron chi connectivity index (χ2n) is 4.76. The third-order valence-electron chi connectivity index (χ3n) is 2.58. The molecule has 0 aliphatic rings. The van der Waals surface area contributed by atoms with Gasteiger partial charge in [0, 0.05) is 17.8 Å². The highest BCUT2D eigenvalue weighted by Gasteiger charge is 2.10. The van der Waals surface area contributed by atoms with Gasteiger partial charge in [0.2, 0.25) is 0 Å². The van der Waals surface area contributed by atoms with Crippen molar-refractivity contribution in [2.24, 2.45) is 16.9 Å². The van der Waals surface area contributed by atoms with E-state index in [2.05, 4.69) is 38.2 Å². The van der Waals surface area contributed by atoms with E-state index in [1.165, 1.54) is 12.1 Å². The zero-order chi connectivity index (χ0) is 13.7. The Morgan fingerprint density at radius 1 is 1.17 bits per heavy atom. The third kappa shape index (κ3) is 3.84. The Bertz CT molecular complexity index is 426. The Labute approximate surface area is 107 Å². The molecule has 0 bridgehead atoms. The second-order valence-corrected chi connectivity index (χ2v) is 4.76. The molecule has 0 saturated heterocycles. The molecule has 0 amide bonds. The molecule has 1 N–H and O–H groups in total. The maximum Gasteiger partial charge on any atom is 0.269 e. The van der Waals surface area contributed by atoms with Gasteiger partial charge in [-0.3, -0.25) is 15.5 Å². The van der Waals surface area contributed by atoms with E-state index < -0.39 is 4.92 Å². The highest BCUT2D eigenvalue weighted by Crippen LogP contribution is 2.16. The highest BCUT2D eigenvalue weighted by atomic mass is 16.6. The lowest BCUT2D eigenvalue weighted by atomic mass is 9.98. The summed E-state index contributed by atoms with van der Waals surface area (Å²) in [6.45, 7) is 8.37. The van der Waals surface area contributed by atoms with E-state index >= 15 is 0 Å². The van der Waals surface area contributed by atoms with Crippen LogP contribution >= 0.6 is 0 Å². The minimum atomic E-state index is -0.416. The number of rotatable bonds is 5. The van der Waals surface area contributed by atoms with Crippen molar-refractivity contribution in [3.8, 4) is 0 Å². The summed E-state index contributed by atoms with van der Waals surface area (Å²) in [5, 5.41) is 14.9. The summed E-state index contributed by atoms with van der Waals surface area (Å²) in [5.74, 6) is 0.742. The van der Waals surface area contributed by atoms with Gasteiger partial charge < -0.3 is 0 Å². The second kappa shape index (κ2) is 6.14. The number of hydrazone groups is 1. The zero-order valence-electron chi connectivity index (χ0n) is 11.2. The molecule has 1 aromatic carbocycles. The Kier molecular flexibility index (Phi) is 4.83. The van der Waals surface area contributed by atoms with Gasteiger partial charge in [-0.05, 0) is 24.0 Å². The third-order valence-corrected chi connectivity index (χ3v) is 2.58. The van der Waals surface area contributed by atoms with Crippen LogP contribution in [0, 0.1) is 22.0 Å². The van der Waals surface area contributed by atoms with E-state index in [1.807, 2.05) is 0 Å². The Morgan fingerprint density at radius 3 is 2.06 bits per heavy atom. The molecular formula is C13H19N3O2. The van der Waals surface area contributed by atoms with Crippen molar-refractivity contribution < 1.29 is 4.92 Å². The van der Waals surface area contributed by atoms with Crippen LogP contribution in [0.5, 0.6) is 0 Å². The maximum atomic E-state index is 10.5. The zero-order valence-corrected chi connectivity index (χ0v) is 11.2. The van der Waals surface area contributed by atoms with E-state index in [0.717, 1.165) is 11.4 Å². The number of hydrogen-bond donors (Lipinski definition) is 1. The molecule has 0 unspecified atom stereocenters. The minimum Gasteiger partial charge on any atom is -0.279 e. The van der Waals surface area contributed by atoms with E-state index in [-0.39, 0.29) is 5.69 Å². The lowest BCUT2D eigenvalue weighted by Crippen LogP contribution is -2.16. The highest BCUT2D eigenvalue weighted by molar-refractivity contribution is 5.88. The largest absolute Gasteiger partial charge is 0.279 e. The lowest BCUT2D eigenvalue weighted by molar-refractivity contribution is -0.384. The molecule has 0 saturated carbocycles. The van der Waals surface area contributed by atoms with Gasteiger partial charge >= 0.3 is 0 Å². The van der Waals surface area contributed by atoms with E-state index in [1.54, 1.807) is 12.1 Å². The molecule has 18 heavy (non-hydrogen) atoms. The fraction of sp³-hybridized carbons (Fsp3) is 0.462. The first-order valence-corrected chi connectivity index (χ1v) is 5.99. The quantitative estimate of drug-likeness (QED) is 0.491. The van der Waals surface area contributed by atoms with Gasteiger partial charge in [-0.2, -0.15) is 5.10 Å². The van der Waals surface area contributed by atoms with Crippen LogP contribution in [0.1, 0.15) is 27.7 Å². The molecule has 98 valence electrons. The van der Waals surface area contributed by atoms with Crippen molar-refractivity contribution in [3.63, 3.8) is 0 Å². The number of nitro benzene ring substituents is 1. The molecule has 5 nitrogen and oxygen atoms in total. The summed E-state index contributed by atoms with van der Waals surface area (Å²) >= 11 is 0. The van der Waals surface area contributed by atoms with Gasteiger partial charge in [0.25, 0.3) is 5.69 Å². The molecule has 1 rings (SSSR count). The van der Waals surface area contributed by atoms with Crippen molar-refractivity contribution in [1.29, 1.82) is 0 Å². The molecule has 0 aliphatic heterocycles. The molecular weight excluding hydrogens is 230 g/mol. The summed E-state index contributed by atoms with van der Waals surface area (Å²) in [5.41, 5.74) is 4.85. The molecule has 0 aliphatic carbocycles. The Hall–Kier alpha value is -1.91. The minimum absolute atomic E-state index is 0.0810. The summed E-state index contributed by atoms with van der Waals surface area (Å²) in [4.78, 5) is 10.1. The van der Waals surface area contributed by atoms with E-state index in [4.69, 9.17) is 0 Å². The normalized spacial score (nSPS) is 10.6. The van der Waals surface area contributed by atoms with Crippen LogP contribution in [0.25, 0.3) is 0 Å². The number of nitro groups is 1. The smallest absolute Gasteiger partial charge is 0.269 e. The van der Waals surface area contributed by atoms with Crippen molar-refractivity contribution >= 4 is 17.1 Å². The maximum absolute atomic E-state index is 10.5.